The molecule has 1 heteroatoms. The molecule has 0 atom stereocenters. The molecule has 0 rings (SSSR count). The van der Waals surface area contributed by atoms with Gasteiger partial charge in [-0.25, -0.2) is 0 Å². The molecule has 0 unspecified atom stereocenters. The molecule has 0 aliphatic heterocycles. The van der Waals surface area contributed by atoms with Crippen LogP contribution < -0.4 is 0 Å². The van der Waals surface area contributed by atoms with Crippen LogP contribution in [0.15, 0.2) is 24.5 Å². The molecule has 0 aromatic rings. The van der Waals surface area contributed by atoms with Crippen molar-refractivity contribution in [3.63, 3.8) is 0 Å². The lowest BCUT2D eigenvalue weighted by atomic mass is 10.3. The van der Waals surface area contributed by atoms with Gasteiger partial charge < -0.3 is 4.74 Å². The third kappa shape index (κ3) is 3.10. The topological polar surface area (TPSA) is 9.23 Å². The van der Waals surface area contributed by atoms with E-state index in [1.807, 2.05) is 6.92 Å². The van der Waals surface area contributed by atoms with Gasteiger partial charge in [0.25, 0.3) is 0 Å². The predicted octanol–water partition coefficient (Wildman–Crippen LogP) is 1.72. The van der Waals surface area contributed by atoms with Crippen molar-refractivity contribution in [3.8, 4) is 0 Å². The molecule has 0 spiro atoms. The fourth-order valence-corrected chi connectivity index (χ4v) is 0.234. The molecule has 1 nitrogen and oxygen atoms in total. The Morgan fingerprint density at radius 3 is 2.43 bits per heavy atom. The molecule has 0 aromatic heterocycles. The summed E-state index contributed by atoms with van der Waals surface area (Å²) in [5.74, 6) is 0. The lowest BCUT2D eigenvalue weighted by Gasteiger charge is -1.87. The second-order valence-electron chi connectivity index (χ2n) is 1.30. The molecule has 40 valence electrons. The Balaban J connectivity index is 3.49. The van der Waals surface area contributed by atoms with Gasteiger partial charge in [0.2, 0.25) is 0 Å². The second kappa shape index (κ2) is 3.47. The number of hydrogen-bond acceptors (Lipinski definition) is 1. The van der Waals surface area contributed by atoms with Crippen LogP contribution in [0.25, 0.3) is 0 Å². The summed E-state index contributed by atoms with van der Waals surface area (Å²) < 4.78 is 4.66. The molecular weight excluding hydrogens is 88.1 g/mol. The molecular formula is C6H10O. The van der Waals surface area contributed by atoms with Crippen molar-refractivity contribution in [2.24, 2.45) is 0 Å². The average molecular weight is 98.1 g/mol. The summed E-state index contributed by atoms with van der Waals surface area (Å²) >= 11 is 0. The Labute approximate surface area is 44.3 Å². The zero-order valence-electron chi connectivity index (χ0n) is 4.77. The fourth-order valence-electron chi connectivity index (χ4n) is 0.234. The molecule has 0 aromatic carbocycles. The normalized spacial score (nSPS) is 10.9. The van der Waals surface area contributed by atoms with Crippen LogP contribution in [0.1, 0.15) is 6.92 Å². The summed E-state index contributed by atoms with van der Waals surface area (Å²) in [7, 11) is 1.62. The third-order valence-corrected chi connectivity index (χ3v) is 0.626. The number of allylic oxidation sites excluding steroid dienone is 2. The van der Waals surface area contributed by atoms with Gasteiger partial charge in [-0.3, -0.25) is 0 Å². The van der Waals surface area contributed by atoms with E-state index in [2.05, 4.69) is 11.3 Å². The molecule has 0 amide bonds. The summed E-state index contributed by atoms with van der Waals surface area (Å²) in [6, 6.07) is 0. The maximum atomic E-state index is 4.66. The number of methoxy groups -OCH3 is 1. The standard InChI is InChI=1S/C6H10O/c1-4-6(2)5-7-3/h4-5H,1H2,2-3H3. The van der Waals surface area contributed by atoms with Gasteiger partial charge in [-0.2, -0.15) is 0 Å². The summed E-state index contributed by atoms with van der Waals surface area (Å²) in [4.78, 5) is 0. The van der Waals surface area contributed by atoms with Crippen LogP contribution in [0.4, 0.5) is 0 Å². The summed E-state index contributed by atoms with van der Waals surface area (Å²) in [6.07, 6.45) is 3.39. The van der Waals surface area contributed by atoms with Crippen molar-refractivity contribution < 1.29 is 4.74 Å². The third-order valence-electron chi connectivity index (χ3n) is 0.626. The monoisotopic (exact) mass is 98.1 g/mol. The Morgan fingerprint density at radius 2 is 2.29 bits per heavy atom. The van der Waals surface area contributed by atoms with Gasteiger partial charge >= 0.3 is 0 Å². The number of rotatable bonds is 2. The smallest absolute Gasteiger partial charge is 0.0853 e. The van der Waals surface area contributed by atoms with Crippen LogP contribution >= 0.6 is 0 Å². The van der Waals surface area contributed by atoms with Crippen LogP contribution in [-0.2, 0) is 4.74 Å². The quantitative estimate of drug-likeness (QED) is 0.377. The van der Waals surface area contributed by atoms with Crippen LogP contribution in [-0.4, -0.2) is 7.11 Å². The minimum Gasteiger partial charge on any atom is -0.504 e. The first-order valence-electron chi connectivity index (χ1n) is 2.13. The molecule has 0 saturated carbocycles. The molecule has 0 heterocycles. The maximum Gasteiger partial charge on any atom is 0.0853 e. The Morgan fingerprint density at radius 1 is 1.71 bits per heavy atom. The molecule has 0 saturated heterocycles. The van der Waals surface area contributed by atoms with E-state index in [1.165, 1.54) is 0 Å². The SMILES string of the molecule is C=CC(C)=COC. The first kappa shape index (κ1) is 6.28. The van der Waals surface area contributed by atoms with Crippen LogP contribution in [0.5, 0.6) is 0 Å². The van der Waals surface area contributed by atoms with Gasteiger partial charge in [-0.1, -0.05) is 12.7 Å². The Hall–Kier alpha value is -0.720. The molecule has 0 aliphatic rings. The van der Waals surface area contributed by atoms with Gasteiger partial charge in [-0.05, 0) is 12.5 Å². The Bertz CT molecular complexity index is 82.2. The van der Waals surface area contributed by atoms with E-state index in [-0.39, 0.29) is 0 Å². The van der Waals surface area contributed by atoms with Gasteiger partial charge in [0, 0.05) is 0 Å². The molecule has 7 heavy (non-hydrogen) atoms. The highest BCUT2D eigenvalue weighted by atomic mass is 16.5. The largest absolute Gasteiger partial charge is 0.504 e. The lowest BCUT2D eigenvalue weighted by molar-refractivity contribution is 0.335. The summed E-state index contributed by atoms with van der Waals surface area (Å²) in [5.41, 5.74) is 1.04. The molecule has 0 aliphatic carbocycles. The van der Waals surface area contributed by atoms with Gasteiger partial charge in [-0.15, -0.1) is 0 Å². The fraction of sp³-hybridized carbons (Fsp3) is 0.333. The highest BCUT2D eigenvalue weighted by Crippen LogP contribution is 1.89. The van der Waals surface area contributed by atoms with Crippen molar-refractivity contribution in [2.45, 2.75) is 6.92 Å². The highest BCUT2D eigenvalue weighted by Gasteiger charge is 1.72. The predicted molar refractivity (Wildman–Crippen MR) is 31.0 cm³/mol. The van der Waals surface area contributed by atoms with Crippen molar-refractivity contribution in [2.75, 3.05) is 7.11 Å². The highest BCUT2D eigenvalue weighted by molar-refractivity contribution is 5.09. The Kier molecular flexibility index (Phi) is 3.11. The van der Waals surface area contributed by atoms with Crippen molar-refractivity contribution in [3.05, 3.63) is 24.5 Å². The molecule has 0 N–H and O–H groups in total. The van der Waals surface area contributed by atoms with Crippen molar-refractivity contribution in [1.29, 1.82) is 0 Å². The van der Waals surface area contributed by atoms with E-state index in [0.717, 1.165) is 5.57 Å². The maximum absolute atomic E-state index is 4.66. The second-order valence-corrected chi connectivity index (χ2v) is 1.30. The zero-order valence-corrected chi connectivity index (χ0v) is 4.77. The number of hydrogen-bond donors (Lipinski definition) is 0. The minimum absolute atomic E-state index is 1.04. The first-order valence-corrected chi connectivity index (χ1v) is 2.13. The van der Waals surface area contributed by atoms with E-state index in [9.17, 15) is 0 Å². The molecule has 0 bridgehead atoms. The summed E-state index contributed by atoms with van der Waals surface area (Å²) in [5, 5.41) is 0. The average Bonchev–Trinajstić information content (AvgIpc) is 1.68. The van der Waals surface area contributed by atoms with E-state index in [1.54, 1.807) is 19.4 Å². The zero-order chi connectivity index (χ0) is 5.70. The van der Waals surface area contributed by atoms with E-state index in [4.69, 9.17) is 0 Å². The van der Waals surface area contributed by atoms with E-state index < -0.39 is 0 Å². The first-order chi connectivity index (χ1) is 3.31. The van der Waals surface area contributed by atoms with Crippen molar-refractivity contribution >= 4 is 0 Å². The van der Waals surface area contributed by atoms with Crippen LogP contribution in [0.3, 0.4) is 0 Å². The van der Waals surface area contributed by atoms with E-state index >= 15 is 0 Å². The van der Waals surface area contributed by atoms with Crippen molar-refractivity contribution in [1.82, 2.24) is 0 Å². The van der Waals surface area contributed by atoms with E-state index in [0.29, 0.717) is 0 Å². The molecule has 0 fully saturated rings. The van der Waals surface area contributed by atoms with Gasteiger partial charge in [0.1, 0.15) is 0 Å². The molecule has 0 radical (unpaired) electrons. The number of ether oxygens (including phenoxy) is 1. The lowest BCUT2D eigenvalue weighted by Crippen LogP contribution is -1.68. The van der Waals surface area contributed by atoms with Gasteiger partial charge in [0.05, 0.1) is 13.4 Å². The minimum atomic E-state index is 1.04. The van der Waals surface area contributed by atoms with Crippen LogP contribution in [0.2, 0.25) is 0 Å². The van der Waals surface area contributed by atoms with Crippen LogP contribution in [0, 0.1) is 0 Å². The van der Waals surface area contributed by atoms with Gasteiger partial charge in [0.15, 0.2) is 0 Å². The summed E-state index contributed by atoms with van der Waals surface area (Å²) in [6.45, 7) is 5.46.